The van der Waals surface area contributed by atoms with Gasteiger partial charge in [0.1, 0.15) is 12.4 Å². The van der Waals surface area contributed by atoms with Crippen molar-refractivity contribution in [1.29, 1.82) is 0 Å². The summed E-state index contributed by atoms with van der Waals surface area (Å²) in [6.45, 7) is 9.94. The molecule has 7 heteroatoms. The fourth-order valence-corrected chi connectivity index (χ4v) is 3.81. The zero-order valence-electron chi connectivity index (χ0n) is 24.2. The zero-order valence-corrected chi connectivity index (χ0v) is 24.2. The van der Waals surface area contributed by atoms with Crippen molar-refractivity contribution in [3.63, 3.8) is 0 Å². The summed E-state index contributed by atoms with van der Waals surface area (Å²) >= 11 is 0. The Hall–Kier alpha value is -1.22. The maximum Gasteiger partial charge on any atom is 0.119 e. The van der Waals surface area contributed by atoms with Gasteiger partial charge in [0.05, 0.1) is 72.7 Å². The summed E-state index contributed by atoms with van der Waals surface area (Å²) in [5.74, 6) is 0.857. The molecule has 0 aromatic heterocycles. The average Bonchev–Trinajstić information content (AvgIpc) is 2.94. The first-order valence-corrected chi connectivity index (χ1v) is 15.1. The molecule has 0 amide bonds. The molecule has 0 heterocycles. The Morgan fingerprint density at radius 3 is 1.13 bits per heavy atom. The Morgan fingerprint density at radius 1 is 0.368 bits per heavy atom. The zero-order chi connectivity index (χ0) is 27.0. The molecule has 0 aliphatic rings. The van der Waals surface area contributed by atoms with Crippen LogP contribution in [0, 0.1) is 0 Å². The fourth-order valence-electron chi connectivity index (χ4n) is 3.81. The van der Waals surface area contributed by atoms with Crippen LogP contribution in [0.15, 0.2) is 30.3 Å². The molecule has 0 saturated heterocycles. The minimum Gasteiger partial charge on any atom is -0.491 e. The van der Waals surface area contributed by atoms with E-state index in [2.05, 4.69) is 6.92 Å². The number of hydrogen-bond acceptors (Lipinski definition) is 7. The Labute approximate surface area is 232 Å². The molecule has 1 aromatic carbocycles. The highest BCUT2D eigenvalue weighted by Gasteiger charge is 1.96. The SMILES string of the molecule is CCCCCCCCCCCCCOCCOCCOCCOCCOCCOCCOc1ccccc1. The van der Waals surface area contributed by atoms with Gasteiger partial charge in [-0.15, -0.1) is 0 Å². The Bertz CT molecular complexity index is 558. The van der Waals surface area contributed by atoms with Crippen molar-refractivity contribution in [1.82, 2.24) is 0 Å². The quantitative estimate of drug-likeness (QED) is 0.0999. The molecule has 1 rings (SSSR count). The van der Waals surface area contributed by atoms with E-state index in [-0.39, 0.29) is 0 Å². The monoisotopic (exact) mass is 540 g/mol. The fraction of sp³-hybridized carbons (Fsp3) is 0.806. The predicted molar refractivity (Wildman–Crippen MR) is 153 cm³/mol. The van der Waals surface area contributed by atoms with Crippen molar-refractivity contribution in [3.8, 4) is 5.75 Å². The lowest BCUT2D eigenvalue weighted by Crippen LogP contribution is -2.14. The summed E-state index contributed by atoms with van der Waals surface area (Å²) in [7, 11) is 0. The van der Waals surface area contributed by atoms with Gasteiger partial charge in [0.25, 0.3) is 0 Å². The normalized spacial score (nSPS) is 11.3. The first-order valence-electron chi connectivity index (χ1n) is 15.1. The second-order valence-corrected chi connectivity index (χ2v) is 9.37. The molecule has 222 valence electrons. The highest BCUT2D eigenvalue weighted by atomic mass is 16.6. The molecular formula is C31H56O7. The van der Waals surface area contributed by atoms with Crippen LogP contribution in [0.1, 0.15) is 77.6 Å². The topological polar surface area (TPSA) is 64.6 Å². The molecule has 0 unspecified atom stereocenters. The first-order chi connectivity index (χ1) is 18.9. The average molecular weight is 541 g/mol. The van der Waals surface area contributed by atoms with Gasteiger partial charge in [-0.25, -0.2) is 0 Å². The van der Waals surface area contributed by atoms with Crippen molar-refractivity contribution < 1.29 is 33.2 Å². The van der Waals surface area contributed by atoms with Gasteiger partial charge in [0.15, 0.2) is 0 Å². The van der Waals surface area contributed by atoms with Gasteiger partial charge in [-0.3, -0.25) is 0 Å². The van der Waals surface area contributed by atoms with Crippen LogP contribution in [0.5, 0.6) is 5.75 Å². The van der Waals surface area contributed by atoms with Crippen molar-refractivity contribution in [2.24, 2.45) is 0 Å². The minimum atomic E-state index is 0.533. The summed E-state index contributed by atoms with van der Waals surface area (Å²) in [6, 6.07) is 9.72. The van der Waals surface area contributed by atoms with Crippen LogP contribution in [0.3, 0.4) is 0 Å². The molecule has 7 nitrogen and oxygen atoms in total. The second kappa shape index (κ2) is 30.3. The van der Waals surface area contributed by atoms with Gasteiger partial charge >= 0.3 is 0 Å². The number of para-hydroxylation sites is 1. The highest BCUT2D eigenvalue weighted by molar-refractivity contribution is 5.20. The van der Waals surface area contributed by atoms with E-state index in [9.17, 15) is 0 Å². The molecule has 0 aliphatic heterocycles. The molecule has 0 spiro atoms. The van der Waals surface area contributed by atoms with Crippen molar-refractivity contribution >= 4 is 0 Å². The molecule has 0 aliphatic carbocycles. The van der Waals surface area contributed by atoms with Crippen LogP contribution in [0.25, 0.3) is 0 Å². The van der Waals surface area contributed by atoms with E-state index in [1.54, 1.807) is 0 Å². The van der Waals surface area contributed by atoms with Gasteiger partial charge in [0.2, 0.25) is 0 Å². The lowest BCUT2D eigenvalue weighted by atomic mass is 10.1. The third-order valence-corrected chi connectivity index (χ3v) is 5.99. The minimum absolute atomic E-state index is 0.533. The smallest absolute Gasteiger partial charge is 0.119 e. The second-order valence-electron chi connectivity index (χ2n) is 9.37. The van der Waals surface area contributed by atoms with E-state index in [0.29, 0.717) is 79.3 Å². The molecule has 0 atom stereocenters. The summed E-state index contributed by atoms with van der Waals surface area (Å²) in [4.78, 5) is 0. The predicted octanol–water partition coefficient (Wildman–Crippen LogP) is 6.48. The number of ether oxygens (including phenoxy) is 7. The van der Waals surface area contributed by atoms with Gasteiger partial charge in [-0.05, 0) is 18.6 Å². The third kappa shape index (κ3) is 26.4. The molecule has 0 N–H and O–H groups in total. The van der Waals surface area contributed by atoms with E-state index in [4.69, 9.17) is 33.2 Å². The van der Waals surface area contributed by atoms with E-state index in [0.717, 1.165) is 18.8 Å². The van der Waals surface area contributed by atoms with Crippen LogP contribution in [-0.2, 0) is 28.4 Å². The summed E-state index contributed by atoms with van der Waals surface area (Å²) in [6.07, 6.45) is 14.9. The van der Waals surface area contributed by atoms with Gasteiger partial charge in [0, 0.05) is 6.61 Å². The van der Waals surface area contributed by atoms with E-state index >= 15 is 0 Å². The van der Waals surface area contributed by atoms with E-state index in [1.165, 1.54) is 64.2 Å². The molecule has 0 radical (unpaired) electrons. The summed E-state index contributed by atoms with van der Waals surface area (Å²) in [5, 5.41) is 0. The van der Waals surface area contributed by atoms with E-state index in [1.807, 2.05) is 30.3 Å². The maximum absolute atomic E-state index is 5.65. The van der Waals surface area contributed by atoms with Crippen LogP contribution in [-0.4, -0.2) is 85.9 Å². The summed E-state index contributed by atoms with van der Waals surface area (Å²) in [5.41, 5.74) is 0. The van der Waals surface area contributed by atoms with Gasteiger partial charge in [-0.1, -0.05) is 89.3 Å². The largest absolute Gasteiger partial charge is 0.491 e. The number of rotatable bonds is 31. The van der Waals surface area contributed by atoms with Crippen LogP contribution < -0.4 is 4.74 Å². The van der Waals surface area contributed by atoms with Crippen LogP contribution in [0.4, 0.5) is 0 Å². The molecule has 0 fully saturated rings. The number of benzene rings is 1. The highest BCUT2D eigenvalue weighted by Crippen LogP contribution is 2.11. The number of unbranched alkanes of at least 4 members (excludes halogenated alkanes) is 10. The Kier molecular flexibility index (Phi) is 27.8. The number of hydrogen-bond donors (Lipinski definition) is 0. The molecular weight excluding hydrogens is 484 g/mol. The molecule has 1 aromatic rings. The van der Waals surface area contributed by atoms with Crippen molar-refractivity contribution in [2.45, 2.75) is 77.6 Å². The molecule has 0 saturated carbocycles. The lowest BCUT2D eigenvalue weighted by molar-refractivity contribution is -0.0179. The summed E-state index contributed by atoms with van der Waals surface area (Å²) < 4.78 is 38.7. The van der Waals surface area contributed by atoms with Gasteiger partial charge < -0.3 is 33.2 Å². The van der Waals surface area contributed by atoms with Gasteiger partial charge in [-0.2, -0.15) is 0 Å². The standard InChI is InChI=1S/C31H56O7/c1-2-3-4-5-6-7-8-9-10-11-15-18-32-19-20-33-21-22-34-23-24-35-25-26-36-27-28-37-29-30-38-31-16-13-12-14-17-31/h12-14,16-17H,2-11,15,18-30H2,1H3. The van der Waals surface area contributed by atoms with Crippen LogP contribution in [0.2, 0.25) is 0 Å². The first kappa shape index (κ1) is 34.8. The Balaban J connectivity index is 1.62. The third-order valence-electron chi connectivity index (χ3n) is 5.99. The molecule has 0 bridgehead atoms. The molecule has 38 heavy (non-hydrogen) atoms. The van der Waals surface area contributed by atoms with Crippen LogP contribution >= 0.6 is 0 Å². The van der Waals surface area contributed by atoms with Crippen molar-refractivity contribution in [3.05, 3.63) is 30.3 Å². The Morgan fingerprint density at radius 2 is 0.711 bits per heavy atom. The van der Waals surface area contributed by atoms with Crippen molar-refractivity contribution in [2.75, 3.05) is 85.9 Å². The lowest BCUT2D eigenvalue weighted by Gasteiger charge is -2.09. The van der Waals surface area contributed by atoms with E-state index < -0.39 is 0 Å². The maximum atomic E-state index is 5.65.